The van der Waals surface area contributed by atoms with Gasteiger partial charge < -0.3 is 14.6 Å². The van der Waals surface area contributed by atoms with Gasteiger partial charge in [0.15, 0.2) is 6.61 Å². The fourth-order valence-corrected chi connectivity index (χ4v) is 3.30. The van der Waals surface area contributed by atoms with Crippen LogP contribution in [0.25, 0.3) is 11.3 Å². The van der Waals surface area contributed by atoms with E-state index < -0.39 is 0 Å². The standard InChI is InChI=1S/C21H18N4O3S/c1-13-22-20(25-28-13)11-27-18-9-5-16(6-10-18)21(26)24-17-7-3-15(4-8-17)19-12-29-14(2)23-19/h3-10,12H,11H2,1-2H3,(H,24,26). The van der Waals surface area contributed by atoms with Gasteiger partial charge >= 0.3 is 0 Å². The third-order valence-electron chi connectivity index (χ3n) is 4.11. The number of hydrogen-bond acceptors (Lipinski definition) is 7. The summed E-state index contributed by atoms with van der Waals surface area (Å²) in [5, 5.41) is 9.71. The van der Waals surface area contributed by atoms with Crippen LogP contribution in [0.15, 0.2) is 58.4 Å². The second kappa shape index (κ2) is 8.24. The van der Waals surface area contributed by atoms with Gasteiger partial charge in [0.05, 0.1) is 10.7 Å². The average molecular weight is 406 g/mol. The lowest BCUT2D eigenvalue weighted by atomic mass is 10.1. The Morgan fingerprint density at radius 1 is 1.07 bits per heavy atom. The predicted molar refractivity (Wildman–Crippen MR) is 110 cm³/mol. The van der Waals surface area contributed by atoms with Crippen molar-refractivity contribution in [3.05, 3.63) is 76.2 Å². The molecule has 1 N–H and O–H groups in total. The molecule has 0 aliphatic rings. The van der Waals surface area contributed by atoms with Crippen molar-refractivity contribution in [2.45, 2.75) is 20.5 Å². The third-order valence-corrected chi connectivity index (χ3v) is 4.89. The molecule has 8 heteroatoms. The van der Waals surface area contributed by atoms with Gasteiger partial charge in [-0.2, -0.15) is 4.98 Å². The van der Waals surface area contributed by atoms with E-state index in [-0.39, 0.29) is 12.5 Å². The van der Waals surface area contributed by atoms with Crippen LogP contribution in [0.2, 0.25) is 0 Å². The molecule has 0 unspecified atom stereocenters. The van der Waals surface area contributed by atoms with Crippen LogP contribution in [0.5, 0.6) is 5.75 Å². The van der Waals surface area contributed by atoms with Crippen LogP contribution in [-0.2, 0) is 6.61 Å². The van der Waals surface area contributed by atoms with Gasteiger partial charge in [0.1, 0.15) is 5.75 Å². The molecule has 2 aromatic heterocycles. The molecule has 0 spiro atoms. The molecule has 1 amide bonds. The van der Waals surface area contributed by atoms with Gasteiger partial charge in [-0.3, -0.25) is 4.79 Å². The Hall–Kier alpha value is -3.52. The SMILES string of the molecule is Cc1nc(COc2ccc(C(=O)Nc3ccc(-c4csc(C)n4)cc3)cc2)no1. The van der Waals surface area contributed by atoms with Gasteiger partial charge in [-0.05, 0) is 43.3 Å². The molecule has 0 aliphatic heterocycles. The van der Waals surface area contributed by atoms with Gasteiger partial charge in [0.2, 0.25) is 11.7 Å². The molecule has 2 heterocycles. The Morgan fingerprint density at radius 3 is 2.45 bits per heavy atom. The van der Waals surface area contributed by atoms with Crippen LogP contribution in [-0.4, -0.2) is 21.0 Å². The molecule has 0 aliphatic carbocycles. The van der Waals surface area contributed by atoms with E-state index in [9.17, 15) is 4.79 Å². The molecule has 0 fully saturated rings. The molecule has 2 aromatic carbocycles. The molecule has 4 aromatic rings. The van der Waals surface area contributed by atoms with Gasteiger partial charge in [-0.1, -0.05) is 17.3 Å². The lowest BCUT2D eigenvalue weighted by molar-refractivity contribution is 0.102. The number of nitrogens with zero attached hydrogens (tertiary/aromatic N) is 3. The first kappa shape index (κ1) is 18.8. The van der Waals surface area contributed by atoms with Crippen molar-refractivity contribution in [2.75, 3.05) is 5.32 Å². The maximum absolute atomic E-state index is 12.5. The number of carbonyl (C=O) groups excluding carboxylic acids is 1. The maximum Gasteiger partial charge on any atom is 0.255 e. The molecule has 7 nitrogen and oxygen atoms in total. The molecule has 146 valence electrons. The minimum absolute atomic E-state index is 0.192. The van der Waals surface area contributed by atoms with E-state index >= 15 is 0 Å². The van der Waals surface area contributed by atoms with Crippen LogP contribution in [0.1, 0.15) is 27.1 Å². The number of nitrogens with one attached hydrogen (secondary N) is 1. The quantitative estimate of drug-likeness (QED) is 0.502. The Balaban J connectivity index is 1.35. The molecule has 29 heavy (non-hydrogen) atoms. The van der Waals surface area contributed by atoms with Crippen molar-refractivity contribution in [3.63, 3.8) is 0 Å². The number of ether oxygens (including phenoxy) is 1. The van der Waals surface area contributed by atoms with E-state index in [2.05, 4.69) is 20.4 Å². The number of hydrogen-bond donors (Lipinski definition) is 1. The number of aromatic nitrogens is 3. The predicted octanol–water partition coefficient (Wildman–Crippen LogP) is 4.64. The van der Waals surface area contributed by atoms with Gasteiger partial charge in [0, 0.05) is 29.1 Å². The molecular weight excluding hydrogens is 388 g/mol. The van der Waals surface area contributed by atoms with E-state index in [1.54, 1.807) is 42.5 Å². The molecule has 0 atom stereocenters. The summed E-state index contributed by atoms with van der Waals surface area (Å²) in [5.41, 5.74) is 3.22. The number of thiazole rings is 1. The second-order valence-electron chi connectivity index (χ2n) is 6.33. The largest absolute Gasteiger partial charge is 0.485 e. The Kier molecular flexibility index (Phi) is 5.35. The summed E-state index contributed by atoms with van der Waals surface area (Å²) in [6, 6.07) is 14.5. The van der Waals surface area contributed by atoms with E-state index in [1.165, 1.54) is 0 Å². The lowest BCUT2D eigenvalue weighted by Crippen LogP contribution is -2.11. The highest BCUT2D eigenvalue weighted by Crippen LogP contribution is 2.23. The number of rotatable bonds is 6. The fourth-order valence-electron chi connectivity index (χ4n) is 2.67. The average Bonchev–Trinajstić information content (AvgIpc) is 3.35. The highest BCUT2D eigenvalue weighted by molar-refractivity contribution is 7.09. The summed E-state index contributed by atoms with van der Waals surface area (Å²) in [5.74, 6) is 1.39. The van der Waals surface area contributed by atoms with Crippen LogP contribution in [0.3, 0.4) is 0 Å². The first-order valence-corrected chi connectivity index (χ1v) is 9.81. The van der Waals surface area contributed by atoms with Crippen molar-refractivity contribution in [2.24, 2.45) is 0 Å². The highest BCUT2D eigenvalue weighted by atomic mass is 32.1. The molecular formula is C21H18N4O3S. The third kappa shape index (κ3) is 4.67. The monoisotopic (exact) mass is 406 g/mol. The Morgan fingerprint density at radius 2 is 1.83 bits per heavy atom. The summed E-state index contributed by atoms with van der Waals surface area (Å²) >= 11 is 1.61. The van der Waals surface area contributed by atoms with Gasteiger partial charge in [-0.15, -0.1) is 11.3 Å². The van der Waals surface area contributed by atoms with Crippen LogP contribution < -0.4 is 10.1 Å². The number of carbonyl (C=O) groups is 1. The molecule has 0 saturated heterocycles. The molecule has 0 radical (unpaired) electrons. The number of benzene rings is 2. The van der Waals surface area contributed by atoms with Crippen molar-refractivity contribution in [1.29, 1.82) is 0 Å². The lowest BCUT2D eigenvalue weighted by Gasteiger charge is -2.07. The second-order valence-corrected chi connectivity index (χ2v) is 7.39. The number of amides is 1. The first-order chi connectivity index (χ1) is 14.1. The first-order valence-electron chi connectivity index (χ1n) is 8.93. The van der Waals surface area contributed by atoms with Crippen molar-refractivity contribution >= 4 is 22.9 Å². The van der Waals surface area contributed by atoms with Gasteiger partial charge in [-0.25, -0.2) is 4.98 Å². The number of anilines is 1. The van der Waals surface area contributed by atoms with Crippen LogP contribution in [0.4, 0.5) is 5.69 Å². The summed E-state index contributed by atoms with van der Waals surface area (Å²) in [7, 11) is 0. The fraction of sp³-hybridized carbons (Fsp3) is 0.143. The summed E-state index contributed by atoms with van der Waals surface area (Å²) in [6.07, 6.45) is 0. The van der Waals surface area contributed by atoms with Crippen LogP contribution >= 0.6 is 11.3 Å². The summed E-state index contributed by atoms with van der Waals surface area (Å²) in [6.45, 7) is 3.90. The topological polar surface area (TPSA) is 90.1 Å². The zero-order chi connectivity index (χ0) is 20.2. The van der Waals surface area contributed by atoms with E-state index in [1.807, 2.05) is 36.6 Å². The minimum Gasteiger partial charge on any atom is -0.485 e. The number of aryl methyl sites for hydroxylation is 2. The van der Waals surface area contributed by atoms with Crippen molar-refractivity contribution in [1.82, 2.24) is 15.1 Å². The van der Waals surface area contributed by atoms with Crippen molar-refractivity contribution in [3.8, 4) is 17.0 Å². The smallest absolute Gasteiger partial charge is 0.255 e. The molecule has 0 bridgehead atoms. The van der Waals surface area contributed by atoms with E-state index in [4.69, 9.17) is 9.26 Å². The molecule has 4 rings (SSSR count). The summed E-state index contributed by atoms with van der Waals surface area (Å²) in [4.78, 5) is 21.0. The van der Waals surface area contributed by atoms with Crippen LogP contribution in [0, 0.1) is 13.8 Å². The summed E-state index contributed by atoms with van der Waals surface area (Å²) < 4.78 is 10.5. The zero-order valence-electron chi connectivity index (χ0n) is 15.9. The normalized spacial score (nSPS) is 10.7. The van der Waals surface area contributed by atoms with E-state index in [0.717, 1.165) is 22.0 Å². The Labute approximate surface area is 171 Å². The maximum atomic E-state index is 12.5. The highest BCUT2D eigenvalue weighted by Gasteiger charge is 2.08. The zero-order valence-corrected chi connectivity index (χ0v) is 16.7. The van der Waals surface area contributed by atoms with Gasteiger partial charge in [0.25, 0.3) is 5.91 Å². The Bertz CT molecular complexity index is 1120. The van der Waals surface area contributed by atoms with E-state index in [0.29, 0.717) is 23.0 Å². The molecule has 0 saturated carbocycles. The minimum atomic E-state index is -0.192. The van der Waals surface area contributed by atoms with Crippen molar-refractivity contribution < 1.29 is 14.1 Å².